The van der Waals surface area contributed by atoms with Gasteiger partial charge >= 0.3 is 0 Å². The maximum Gasteiger partial charge on any atom is 0.258 e. The number of rotatable bonds is 5. The SMILES string of the molecule is CC=CN1CCCC(c2nc(-c3ccc(C(=O)Nc4cc(C#N)ccn4)cn3)n3c(N)nccc23)C1. The van der Waals surface area contributed by atoms with Gasteiger partial charge in [-0.3, -0.25) is 14.2 Å². The number of likely N-dealkylation sites (tertiary alicyclic amines) is 1. The standard InChI is InChI=1S/C26H25N9O/c1-2-11-34-12-3-4-19(16-34)23-21-8-10-30-26(28)35(21)24(33-23)20-6-5-18(15-31-20)25(36)32-22-13-17(14-27)7-9-29-22/h2,5-11,13,15,19H,3-4,12,16H2,1H3,(H2,28,30)(H,29,32,36). The number of nitrogens with two attached hydrogens (primary N) is 1. The topological polar surface area (TPSA) is 138 Å². The third-order valence-corrected chi connectivity index (χ3v) is 6.19. The summed E-state index contributed by atoms with van der Waals surface area (Å²) in [6.07, 6.45) is 11.0. The summed E-state index contributed by atoms with van der Waals surface area (Å²) in [5.41, 5.74) is 9.50. The fourth-order valence-corrected chi connectivity index (χ4v) is 4.55. The minimum atomic E-state index is -0.377. The number of carbonyl (C=O) groups excluding carboxylic acids is 1. The molecule has 4 aromatic rings. The van der Waals surface area contributed by atoms with Crippen LogP contribution >= 0.6 is 0 Å². The van der Waals surface area contributed by atoms with Gasteiger partial charge in [-0.15, -0.1) is 0 Å². The molecule has 0 aliphatic carbocycles. The van der Waals surface area contributed by atoms with Crippen LogP contribution in [0.2, 0.25) is 0 Å². The molecule has 0 aromatic carbocycles. The highest BCUT2D eigenvalue weighted by molar-refractivity contribution is 6.03. The van der Waals surface area contributed by atoms with Gasteiger partial charge in [-0.05, 0) is 56.3 Å². The van der Waals surface area contributed by atoms with Gasteiger partial charge in [0.2, 0.25) is 5.95 Å². The molecule has 4 aromatic heterocycles. The highest BCUT2D eigenvalue weighted by Gasteiger charge is 2.26. The summed E-state index contributed by atoms with van der Waals surface area (Å²) in [5.74, 6) is 1.09. The zero-order valence-electron chi connectivity index (χ0n) is 19.8. The monoisotopic (exact) mass is 479 g/mol. The fourth-order valence-electron chi connectivity index (χ4n) is 4.55. The van der Waals surface area contributed by atoms with Crippen LogP contribution in [0.15, 0.2) is 61.2 Å². The third kappa shape index (κ3) is 4.46. The number of allylic oxidation sites excluding steroid dienone is 1. The van der Waals surface area contributed by atoms with E-state index in [1.54, 1.807) is 24.4 Å². The van der Waals surface area contributed by atoms with Crippen molar-refractivity contribution in [2.75, 3.05) is 24.1 Å². The van der Waals surface area contributed by atoms with Gasteiger partial charge in [0, 0.05) is 37.6 Å². The molecule has 36 heavy (non-hydrogen) atoms. The van der Waals surface area contributed by atoms with E-state index in [9.17, 15) is 4.79 Å². The number of carbonyl (C=O) groups is 1. The fraction of sp³-hybridized carbons (Fsp3) is 0.231. The van der Waals surface area contributed by atoms with E-state index < -0.39 is 0 Å². The number of amides is 1. The lowest BCUT2D eigenvalue weighted by molar-refractivity contribution is 0.102. The van der Waals surface area contributed by atoms with Crippen molar-refractivity contribution in [2.45, 2.75) is 25.7 Å². The molecule has 0 bridgehead atoms. The van der Waals surface area contributed by atoms with E-state index in [0.717, 1.165) is 37.1 Å². The van der Waals surface area contributed by atoms with Crippen molar-refractivity contribution < 1.29 is 4.79 Å². The van der Waals surface area contributed by atoms with Gasteiger partial charge in [0.05, 0.1) is 28.4 Å². The first-order valence-corrected chi connectivity index (χ1v) is 11.7. The molecule has 180 valence electrons. The van der Waals surface area contributed by atoms with Crippen molar-refractivity contribution in [2.24, 2.45) is 0 Å². The Kier molecular flexibility index (Phi) is 6.28. The van der Waals surface area contributed by atoms with Gasteiger partial charge in [-0.25, -0.2) is 15.0 Å². The van der Waals surface area contributed by atoms with Gasteiger partial charge in [0.1, 0.15) is 11.5 Å². The number of hydrogen-bond acceptors (Lipinski definition) is 8. The second-order valence-electron chi connectivity index (χ2n) is 8.59. The molecule has 5 rings (SSSR count). The molecule has 1 amide bonds. The minimum absolute atomic E-state index is 0.252. The second-order valence-corrected chi connectivity index (χ2v) is 8.59. The van der Waals surface area contributed by atoms with Crippen LogP contribution in [-0.4, -0.2) is 48.2 Å². The molecule has 10 heteroatoms. The quantitative estimate of drug-likeness (QED) is 0.443. The Morgan fingerprint density at radius 2 is 2.08 bits per heavy atom. The minimum Gasteiger partial charge on any atom is -0.377 e. The molecule has 0 saturated carbocycles. The summed E-state index contributed by atoms with van der Waals surface area (Å²) in [6, 6.07) is 10.5. The zero-order chi connectivity index (χ0) is 25.1. The number of aromatic nitrogens is 5. The van der Waals surface area contributed by atoms with Crippen molar-refractivity contribution >= 4 is 23.2 Å². The highest BCUT2D eigenvalue weighted by Crippen LogP contribution is 2.33. The number of nitrogens with zero attached hydrogens (tertiary/aromatic N) is 7. The molecule has 5 heterocycles. The molecule has 1 unspecified atom stereocenters. The largest absolute Gasteiger partial charge is 0.377 e. The molecule has 1 aliphatic heterocycles. The Bertz CT molecular complexity index is 1480. The van der Waals surface area contributed by atoms with Gasteiger partial charge in [-0.1, -0.05) is 6.08 Å². The average Bonchev–Trinajstić information content (AvgIpc) is 3.30. The number of pyridine rings is 2. The maximum absolute atomic E-state index is 12.7. The average molecular weight is 480 g/mol. The van der Waals surface area contributed by atoms with Crippen LogP contribution < -0.4 is 11.1 Å². The molecule has 1 aliphatic rings. The molecule has 0 radical (unpaired) electrons. The van der Waals surface area contributed by atoms with E-state index in [0.29, 0.717) is 34.4 Å². The smallest absolute Gasteiger partial charge is 0.258 e. The summed E-state index contributed by atoms with van der Waals surface area (Å²) in [4.78, 5) is 32.9. The molecule has 0 spiro atoms. The molecule has 1 fully saturated rings. The van der Waals surface area contributed by atoms with Crippen molar-refractivity contribution in [3.05, 3.63) is 78.0 Å². The molecule has 3 N–H and O–H groups in total. The summed E-state index contributed by atoms with van der Waals surface area (Å²) in [5, 5.41) is 11.7. The third-order valence-electron chi connectivity index (χ3n) is 6.19. The predicted molar refractivity (Wildman–Crippen MR) is 136 cm³/mol. The molecule has 1 saturated heterocycles. The Labute approximate surface area is 208 Å². The van der Waals surface area contributed by atoms with Crippen LogP contribution in [0, 0.1) is 11.3 Å². The summed E-state index contributed by atoms with van der Waals surface area (Å²) < 4.78 is 1.82. The van der Waals surface area contributed by atoms with Crippen LogP contribution in [0.5, 0.6) is 0 Å². The first-order valence-electron chi connectivity index (χ1n) is 11.7. The highest BCUT2D eigenvalue weighted by atomic mass is 16.1. The summed E-state index contributed by atoms with van der Waals surface area (Å²) in [7, 11) is 0. The Morgan fingerprint density at radius 3 is 2.86 bits per heavy atom. The number of fused-ring (bicyclic) bond motifs is 1. The normalized spacial score (nSPS) is 15.8. The molecular formula is C26H25N9O. The maximum atomic E-state index is 12.7. The zero-order valence-corrected chi connectivity index (χ0v) is 19.8. The van der Waals surface area contributed by atoms with Gasteiger partial charge in [-0.2, -0.15) is 5.26 Å². The molecule has 10 nitrogen and oxygen atoms in total. The number of nitrogens with one attached hydrogen (secondary N) is 1. The number of nitrogen functional groups attached to an aromatic ring is 1. The van der Waals surface area contributed by atoms with E-state index in [1.165, 1.54) is 18.5 Å². The number of hydrogen-bond donors (Lipinski definition) is 2. The van der Waals surface area contributed by atoms with Crippen LogP contribution in [0.3, 0.4) is 0 Å². The van der Waals surface area contributed by atoms with Crippen LogP contribution in [-0.2, 0) is 0 Å². The van der Waals surface area contributed by atoms with E-state index >= 15 is 0 Å². The predicted octanol–water partition coefficient (Wildman–Crippen LogP) is 3.61. The number of nitriles is 1. The van der Waals surface area contributed by atoms with Crippen molar-refractivity contribution in [3.63, 3.8) is 0 Å². The summed E-state index contributed by atoms with van der Waals surface area (Å²) in [6.45, 7) is 3.94. The van der Waals surface area contributed by atoms with Gasteiger partial charge < -0.3 is 16.0 Å². The number of imidazole rings is 1. The second kappa shape index (κ2) is 9.84. The van der Waals surface area contributed by atoms with Crippen LogP contribution in [0.4, 0.5) is 11.8 Å². The first kappa shape index (κ1) is 23.0. The Balaban J connectivity index is 1.45. The van der Waals surface area contributed by atoms with E-state index in [-0.39, 0.29) is 11.8 Å². The van der Waals surface area contributed by atoms with Crippen molar-refractivity contribution in [3.8, 4) is 17.6 Å². The van der Waals surface area contributed by atoms with Crippen molar-refractivity contribution in [1.82, 2.24) is 29.2 Å². The number of piperidine rings is 1. The Morgan fingerprint density at radius 1 is 1.22 bits per heavy atom. The molecular weight excluding hydrogens is 454 g/mol. The van der Waals surface area contributed by atoms with Crippen molar-refractivity contribution in [1.29, 1.82) is 5.26 Å². The Hall–Kier alpha value is -4.78. The number of anilines is 2. The van der Waals surface area contributed by atoms with E-state index in [4.69, 9.17) is 16.0 Å². The first-order chi connectivity index (χ1) is 17.6. The summed E-state index contributed by atoms with van der Waals surface area (Å²) >= 11 is 0. The lowest BCUT2D eigenvalue weighted by Gasteiger charge is -2.31. The van der Waals surface area contributed by atoms with Gasteiger partial charge in [0.15, 0.2) is 5.82 Å². The van der Waals surface area contributed by atoms with Gasteiger partial charge in [0.25, 0.3) is 5.91 Å². The molecule has 1 atom stereocenters. The van der Waals surface area contributed by atoms with Crippen LogP contribution in [0.25, 0.3) is 17.0 Å². The lowest BCUT2D eigenvalue weighted by atomic mass is 9.94. The van der Waals surface area contributed by atoms with E-state index in [1.807, 2.05) is 23.5 Å². The van der Waals surface area contributed by atoms with E-state index in [2.05, 4.69) is 37.4 Å². The lowest BCUT2D eigenvalue weighted by Crippen LogP contribution is -2.30. The van der Waals surface area contributed by atoms with Crippen LogP contribution in [0.1, 0.15) is 47.3 Å².